The topological polar surface area (TPSA) is 123 Å². The van der Waals surface area contributed by atoms with Crippen molar-refractivity contribution in [3.8, 4) is 11.5 Å². The third kappa shape index (κ3) is 4.93. The summed E-state index contributed by atoms with van der Waals surface area (Å²) >= 11 is 1.56. The average molecular weight is 370 g/mol. The molecule has 1 aliphatic rings. The summed E-state index contributed by atoms with van der Waals surface area (Å²) in [5, 5.41) is 0. The van der Waals surface area contributed by atoms with Crippen LogP contribution in [0.4, 0.5) is 5.69 Å². The maximum atomic E-state index is 12.0. The molecule has 0 radical (unpaired) electrons. The summed E-state index contributed by atoms with van der Waals surface area (Å²) in [4.78, 5) is 32.8. The molecule has 2 unspecified atom stereocenters. The van der Waals surface area contributed by atoms with E-state index in [0.717, 1.165) is 5.56 Å². The lowest BCUT2D eigenvalue weighted by atomic mass is 9.99. The highest BCUT2D eigenvalue weighted by atomic mass is 32.2. The SMILES string of the molecule is CSCCC(N)C(=O)OOC(=O)C(C)Cc1ccc2c(c1N)OCO2. The van der Waals surface area contributed by atoms with Crippen LogP contribution in [0, 0.1) is 5.92 Å². The van der Waals surface area contributed by atoms with Crippen molar-refractivity contribution in [2.24, 2.45) is 11.7 Å². The molecule has 0 aromatic heterocycles. The molecule has 0 spiro atoms. The molecule has 0 saturated heterocycles. The summed E-state index contributed by atoms with van der Waals surface area (Å²) in [7, 11) is 0. The zero-order valence-corrected chi connectivity index (χ0v) is 15.0. The number of nitrogen functional groups attached to an aromatic ring is 1. The molecule has 9 heteroatoms. The molecule has 25 heavy (non-hydrogen) atoms. The summed E-state index contributed by atoms with van der Waals surface area (Å²) in [6, 6.07) is 2.67. The molecule has 0 saturated carbocycles. The fourth-order valence-electron chi connectivity index (χ4n) is 2.21. The Morgan fingerprint density at radius 3 is 2.72 bits per heavy atom. The number of thioether (sulfide) groups is 1. The van der Waals surface area contributed by atoms with E-state index in [4.69, 9.17) is 20.9 Å². The first-order valence-electron chi connectivity index (χ1n) is 7.77. The van der Waals surface area contributed by atoms with Crippen molar-refractivity contribution < 1.29 is 28.8 Å². The van der Waals surface area contributed by atoms with Crippen LogP contribution >= 0.6 is 11.8 Å². The van der Waals surface area contributed by atoms with Gasteiger partial charge in [0, 0.05) is 0 Å². The predicted octanol–water partition coefficient (Wildman–Crippen LogP) is 1.26. The van der Waals surface area contributed by atoms with Crippen molar-refractivity contribution in [1.82, 2.24) is 0 Å². The monoisotopic (exact) mass is 370 g/mol. The van der Waals surface area contributed by atoms with E-state index in [9.17, 15) is 9.59 Å². The van der Waals surface area contributed by atoms with Crippen molar-refractivity contribution in [2.75, 3.05) is 24.5 Å². The zero-order chi connectivity index (χ0) is 18.4. The van der Waals surface area contributed by atoms with Crippen LogP contribution < -0.4 is 20.9 Å². The number of nitrogens with two attached hydrogens (primary N) is 2. The fraction of sp³-hybridized carbons (Fsp3) is 0.500. The van der Waals surface area contributed by atoms with Gasteiger partial charge in [-0.2, -0.15) is 11.8 Å². The fourth-order valence-corrected chi connectivity index (χ4v) is 2.70. The van der Waals surface area contributed by atoms with Crippen LogP contribution in [0.1, 0.15) is 18.9 Å². The van der Waals surface area contributed by atoms with Gasteiger partial charge in [-0.05, 0) is 36.5 Å². The number of fused-ring (bicyclic) bond motifs is 1. The van der Waals surface area contributed by atoms with Crippen LogP contribution in [-0.4, -0.2) is 36.8 Å². The molecule has 2 atom stereocenters. The standard InChI is InChI=1S/C16H22N2O6S/c1-9(15(19)23-24-16(20)11(17)5-6-25-2)7-10-3-4-12-14(13(10)18)22-8-21-12/h3-4,9,11H,5-8,17-18H2,1-2H3. The molecule has 1 aliphatic heterocycles. The number of anilines is 1. The second-order valence-corrected chi connectivity index (χ2v) is 6.66. The zero-order valence-electron chi connectivity index (χ0n) is 14.2. The minimum atomic E-state index is -0.819. The lowest BCUT2D eigenvalue weighted by molar-refractivity contribution is -0.262. The van der Waals surface area contributed by atoms with Crippen molar-refractivity contribution in [2.45, 2.75) is 25.8 Å². The van der Waals surface area contributed by atoms with Crippen LogP contribution in [0.5, 0.6) is 11.5 Å². The van der Waals surface area contributed by atoms with E-state index in [-0.39, 0.29) is 6.79 Å². The summed E-state index contributed by atoms with van der Waals surface area (Å²) in [6.07, 6.45) is 2.65. The average Bonchev–Trinajstić information content (AvgIpc) is 3.08. The molecule has 4 N–H and O–H groups in total. The number of hydrogen-bond acceptors (Lipinski definition) is 9. The highest BCUT2D eigenvalue weighted by Gasteiger charge is 2.24. The Morgan fingerprint density at radius 1 is 1.28 bits per heavy atom. The molecule has 2 rings (SSSR count). The molecule has 0 bridgehead atoms. The number of carbonyl (C=O) groups excluding carboxylic acids is 2. The van der Waals surface area contributed by atoms with Crippen LogP contribution in [0.2, 0.25) is 0 Å². The molecule has 1 aromatic rings. The summed E-state index contributed by atoms with van der Waals surface area (Å²) in [5.41, 5.74) is 12.8. The van der Waals surface area contributed by atoms with Gasteiger partial charge in [0.1, 0.15) is 6.04 Å². The first-order valence-corrected chi connectivity index (χ1v) is 9.17. The third-order valence-electron chi connectivity index (χ3n) is 3.74. The van der Waals surface area contributed by atoms with E-state index < -0.39 is 23.9 Å². The van der Waals surface area contributed by atoms with Crippen molar-refractivity contribution in [1.29, 1.82) is 0 Å². The molecule has 138 valence electrons. The third-order valence-corrected chi connectivity index (χ3v) is 4.38. The molecule has 8 nitrogen and oxygen atoms in total. The maximum Gasteiger partial charge on any atom is 0.372 e. The van der Waals surface area contributed by atoms with Gasteiger partial charge in [-0.15, -0.1) is 0 Å². The van der Waals surface area contributed by atoms with Gasteiger partial charge in [0.2, 0.25) is 6.79 Å². The summed E-state index contributed by atoms with van der Waals surface area (Å²) in [5.74, 6) is -0.254. The van der Waals surface area contributed by atoms with E-state index in [0.29, 0.717) is 35.8 Å². The Balaban J connectivity index is 1.85. The molecule has 0 fully saturated rings. The predicted molar refractivity (Wildman–Crippen MR) is 93.0 cm³/mol. The Kier molecular flexibility index (Phi) is 6.77. The first kappa shape index (κ1) is 19.2. The van der Waals surface area contributed by atoms with Gasteiger partial charge in [0.15, 0.2) is 11.5 Å². The van der Waals surface area contributed by atoms with E-state index >= 15 is 0 Å². The van der Waals surface area contributed by atoms with Crippen LogP contribution in [0.25, 0.3) is 0 Å². The van der Waals surface area contributed by atoms with Gasteiger partial charge in [0.05, 0.1) is 11.6 Å². The van der Waals surface area contributed by atoms with E-state index in [1.807, 2.05) is 6.26 Å². The van der Waals surface area contributed by atoms with Crippen molar-refractivity contribution in [3.05, 3.63) is 17.7 Å². The van der Waals surface area contributed by atoms with E-state index in [2.05, 4.69) is 9.78 Å². The smallest absolute Gasteiger partial charge is 0.372 e. The Morgan fingerprint density at radius 2 is 2.00 bits per heavy atom. The van der Waals surface area contributed by atoms with Crippen molar-refractivity contribution >= 4 is 29.4 Å². The molecule has 0 amide bonds. The number of hydrogen-bond donors (Lipinski definition) is 2. The Labute approximate surface area is 150 Å². The van der Waals surface area contributed by atoms with Gasteiger partial charge >= 0.3 is 11.9 Å². The van der Waals surface area contributed by atoms with Gasteiger partial charge < -0.3 is 20.9 Å². The second kappa shape index (κ2) is 8.82. The number of ether oxygens (including phenoxy) is 2. The van der Waals surface area contributed by atoms with Crippen LogP contribution in [-0.2, 0) is 25.8 Å². The minimum absolute atomic E-state index is 0.118. The lowest BCUT2D eigenvalue weighted by Gasteiger charge is -2.13. The maximum absolute atomic E-state index is 12.0. The highest BCUT2D eigenvalue weighted by Crippen LogP contribution is 2.40. The van der Waals surface area contributed by atoms with Gasteiger partial charge in [0.25, 0.3) is 0 Å². The molecule has 1 aromatic carbocycles. The van der Waals surface area contributed by atoms with Gasteiger partial charge in [-0.1, -0.05) is 13.0 Å². The number of carbonyl (C=O) groups is 2. The van der Waals surface area contributed by atoms with E-state index in [1.54, 1.807) is 30.8 Å². The molecular weight excluding hydrogens is 348 g/mol. The molecule has 1 heterocycles. The van der Waals surface area contributed by atoms with Crippen molar-refractivity contribution in [3.63, 3.8) is 0 Å². The quantitative estimate of drug-likeness (QED) is 0.415. The summed E-state index contributed by atoms with van der Waals surface area (Å²) in [6.45, 7) is 1.77. The normalized spacial score (nSPS) is 14.7. The van der Waals surface area contributed by atoms with Gasteiger partial charge in [-0.3, -0.25) is 0 Å². The van der Waals surface area contributed by atoms with Crippen LogP contribution in [0.3, 0.4) is 0 Å². The summed E-state index contributed by atoms with van der Waals surface area (Å²) < 4.78 is 10.5. The minimum Gasteiger partial charge on any atom is -0.454 e. The number of benzene rings is 1. The lowest BCUT2D eigenvalue weighted by Crippen LogP contribution is -2.34. The Bertz CT molecular complexity index is 639. The Hall–Kier alpha value is -2.13. The number of rotatable bonds is 7. The van der Waals surface area contributed by atoms with Crippen LogP contribution in [0.15, 0.2) is 12.1 Å². The first-order chi connectivity index (χ1) is 11.9. The van der Waals surface area contributed by atoms with E-state index in [1.165, 1.54) is 0 Å². The van der Waals surface area contributed by atoms with Gasteiger partial charge in [-0.25, -0.2) is 19.4 Å². The second-order valence-electron chi connectivity index (χ2n) is 5.67. The largest absolute Gasteiger partial charge is 0.454 e. The molecular formula is C16H22N2O6S. The molecule has 0 aliphatic carbocycles. The highest BCUT2D eigenvalue weighted by molar-refractivity contribution is 7.98.